The van der Waals surface area contributed by atoms with Crippen LogP contribution in [0.2, 0.25) is 0 Å². The van der Waals surface area contributed by atoms with Crippen molar-refractivity contribution < 1.29 is 19.7 Å². The van der Waals surface area contributed by atoms with Crippen molar-refractivity contribution >= 4 is 0 Å². The summed E-state index contributed by atoms with van der Waals surface area (Å²) in [4.78, 5) is 0. The first-order valence-electron chi connectivity index (χ1n) is 4.56. The van der Waals surface area contributed by atoms with Crippen LogP contribution in [0.5, 0.6) is 5.75 Å². The summed E-state index contributed by atoms with van der Waals surface area (Å²) in [5.74, 6) is -1.44. The van der Waals surface area contributed by atoms with Gasteiger partial charge in [-0.25, -0.2) is 4.39 Å². The fourth-order valence-electron chi connectivity index (χ4n) is 1.30. The number of aliphatic hydroxyl groups excluding tert-OH is 2. The average Bonchev–Trinajstić information content (AvgIpc) is 2.21. The molecule has 4 nitrogen and oxygen atoms in total. The maximum atomic E-state index is 12.9. The lowest BCUT2D eigenvalue weighted by Crippen LogP contribution is -2.29. The maximum absolute atomic E-state index is 12.9. The zero-order valence-electron chi connectivity index (χ0n) is 8.31. The number of halogens is 1. The zero-order valence-corrected chi connectivity index (χ0v) is 8.31. The van der Waals surface area contributed by atoms with Gasteiger partial charge >= 0.3 is 0 Å². The molecule has 0 aromatic heterocycles. The van der Waals surface area contributed by atoms with E-state index in [-0.39, 0.29) is 12.1 Å². The highest BCUT2D eigenvalue weighted by Gasteiger charge is 2.21. The van der Waals surface area contributed by atoms with Gasteiger partial charge in [-0.1, -0.05) is 12.1 Å². The van der Waals surface area contributed by atoms with E-state index >= 15 is 0 Å². The minimum atomic E-state index is -1.31. The predicted octanol–water partition coefficient (Wildman–Crippen LogP) is 0.145. The third-order valence-electron chi connectivity index (χ3n) is 2.11. The van der Waals surface area contributed by atoms with E-state index in [9.17, 15) is 19.7 Å². The first kappa shape index (κ1) is 11.9. The lowest BCUT2D eigenvalue weighted by Gasteiger charge is -2.18. The van der Waals surface area contributed by atoms with Crippen LogP contribution in [0.25, 0.3) is 0 Å². The molecule has 1 rings (SSSR count). The van der Waals surface area contributed by atoms with Crippen molar-refractivity contribution in [2.75, 3.05) is 13.6 Å². The minimum absolute atomic E-state index is 0.0160. The van der Waals surface area contributed by atoms with Gasteiger partial charge in [0.2, 0.25) is 0 Å². The molecule has 2 atom stereocenters. The van der Waals surface area contributed by atoms with Crippen LogP contribution in [0, 0.1) is 5.82 Å². The summed E-state index contributed by atoms with van der Waals surface area (Å²) in [5, 5.41) is 31.0. The SMILES string of the molecule is CNCC(O)C(O)c1cccc(F)c1O. The fraction of sp³-hybridized carbons (Fsp3) is 0.400. The van der Waals surface area contributed by atoms with Gasteiger partial charge in [-0.3, -0.25) is 0 Å². The number of likely N-dealkylation sites (N-methyl/N-ethyl adjacent to an activating group) is 1. The molecule has 0 aliphatic rings. The molecule has 0 saturated carbocycles. The lowest BCUT2D eigenvalue weighted by atomic mass is 10.0. The molecule has 2 unspecified atom stereocenters. The number of hydrogen-bond donors (Lipinski definition) is 4. The molecule has 0 amide bonds. The van der Waals surface area contributed by atoms with Crippen LogP contribution in [0.3, 0.4) is 0 Å². The molecular weight excluding hydrogens is 201 g/mol. The van der Waals surface area contributed by atoms with Gasteiger partial charge in [0.1, 0.15) is 6.10 Å². The van der Waals surface area contributed by atoms with E-state index in [0.717, 1.165) is 6.07 Å². The third-order valence-corrected chi connectivity index (χ3v) is 2.11. The van der Waals surface area contributed by atoms with E-state index in [2.05, 4.69) is 5.32 Å². The van der Waals surface area contributed by atoms with Gasteiger partial charge in [-0.2, -0.15) is 0 Å². The van der Waals surface area contributed by atoms with Gasteiger partial charge in [-0.15, -0.1) is 0 Å². The summed E-state index contributed by atoms with van der Waals surface area (Å²) in [5.41, 5.74) is -0.0160. The van der Waals surface area contributed by atoms with Gasteiger partial charge in [0.15, 0.2) is 11.6 Å². The number of rotatable bonds is 4. The summed E-state index contributed by atoms with van der Waals surface area (Å²) in [6.45, 7) is 0.150. The summed E-state index contributed by atoms with van der Waals surface area (Å²) in [7, 11) is 1.61. The Balaban J connectivity index is 2.90. The van der Waals surface area contributed by atoms with Crippen LogP contribution in [0.4, 0.5) is 4.39 Å². The first-order chi connectivity index (χ1) is 7.07. The Morgan fingerprint density at radius 1 is 1.40 bits per heavy atom. The molecule has 0 bridgehead atoms. The van der Waals surface area contributed by atoms with E-state index in [1.54, 1.807) is 7.05 Å². The van der Waals surface area contributed by atoms with E-state index in [0.29, 0.717) is 0 Å². The van der Waals surface area contributed by atoms with Crippen LogP contribution < -0.4 is 5.32 Å². The Hall–Kier alpha value is -1.17. The molecule has 0 aliphatic carbocycles. The molecule has 0 aliphatic heterocycles. The second-order valence-electron chi connectivity index (χ2n) is 3.25. The number of nitrogens with one attached hydrogen (secondary N) is 1. The topological polar surface area (TPSA) is 72.7 Å². The molecular formula is C10H14FNO3. The Labute approximate surface area is 87.0 Å². The monoisotopic (exact) mass is 215 g/mol. The summed E-state index contributed by atoms with van der Waals surface area (Å²) in [6.07, 6.45) is -2.41. The highest BCUT2D eigenvalue weighted by Crippen LogP contribution is 2.28. The first-order valence-corrected chi connectivity index (χ1v) is 4.56. The van der Waals surface area contributed by atoms with Crippen molar-refractivity contribution in [3.8, 4) is 5.75 Å². The van der Waals surface area contributed by atoms with Gasteiger partial charge in [0.25, 0.3) is 0 Å². The van der Waals surface area contributed by atoms with E-state index in [1.807, 2.05) is 0 Å². The molecule has 0 fully saturated rings. The predicted molar refractivity (Wildman–Crippen MR) is 53.0 cm³/mol. The summed E-state index contributed by atoms with van der Waals surface area (Å²) < 4.78 is 12.9. The standard InChI is InChI=1S/C10H14FNO3/c1-12-5-8(13)10(15)6-3-2-4-7(11)9(6)14/h2-4,8,10,12-15H,5H2,1H3. The van der Waals surface area contributed by atoms with Gasteiger partial charge in [-0.05, 0) is 13.1 Å². The number of para-hydroxylation sites is 1. The van der Waals surface area contributed by atoms with Crippen molar-refractivity contribution in [3.05, 3.63) is 29.6 Å². The number of hydrogen-bond acceptors (Lipinski definition) is 4. The van der Waals surface area contributed by atoms with Crippen LogP contribution in [0.1, 0.15) is 11.7 Å². The Bertz CT molecular complexity index is 332. The van der Waals surface area contributed by atoms with Crippen LogP contribution in [0.15, 0.2) is 18.2 Å². The summed E-state index contributed by atoms with van der Waals surface area (Å²) >= 11 is 0. The van der Waals surface area contributed by atoms with E-state index in [1.165, 1.54) is 12.1 Å². The van der Waals surface area contributed by atoms with Crippen molar-refractivity contribution in [2.24, 2.45) is 0 Å². The van der Waals surface area contributed by atoms with Crippen molar-refractivity contribution in [3.63, 3.8) is 0 Å². The molecule has 0 radical (unpaired) electrons. The number of aliphatic hydroxyl groups is 2. The van der Waals surface area contributed by atoms with Crippen LogP contribution in [-0.4, -0.2) is 35.0 Å². The largest absolute Gasteiger partial charge is 0.505 e. The Kier molecular flexibility index (Phi) is 4.02. The molecule has 1 aromatic carbocycles. The van der Waals surface area contributed by atoms with Crippen molar-refractivity contribution in [1.29, 1.82) is 0 Å². The van der Waals surface area contributed by atoms with Crippen molar-refractivity contribution in [1.82, 2.24) is 5.32 Å². The number of phenolic OH excluding ortho intramolecular Hbond substituents is 1. The molecule has 84 valence electrons. The van der Waals surface area contributed by atoms with Gasteiger partial charge in [0, 0.05) is 12.1 Å². The molecule has 0 spiro atoms. The molecule has 5 heteroatoms. The number of aromatic hydroxyl groups is 1. The smallest absolute Gasteiger partial charge is 0.165 e. The van der Waals surface area contributed by atoms with Gasteiger partial charge < -0.3 is 20.6 Å². The molecule has 1 aromatic rings. The highest BCUT2D eigenvalue weighted by molar-refractivity contribution is 5.35. The second-order valence-corrected chi connectivity index (χ2v) is 3.25. The van der Waals surface area contributed by atoms with Gasteiger partial charge in [0.05, 0.1) is 6.10 Å². The van der Waals surface area contributed by atoms with E-state index < -0.39 is 23.8 Å². The van der Waals surface area contributed by atoms with E-state index in [4.69, 9.17) is 0 Å². The molecule has 4 N–H and O–H groups in total. The quantitative estimate of drug-likeness (QED) is 0.576. The highest BCUT2D eigenvalue weighted by atomic mass is 19.1. The van der Waals surface area contributed by atoms with Crippen molar-refractivity contribution in [2.45, 2.75) is 12.2 Å². The average molecular weight is 215 g/mol. The molecule has 0 saturated heterocycles. The minimum Gasteiger partial charge on any atom is -0.505 e. The Morgan fingerprint density at radius 2 is 2.07 bits per heavy atom. The molecule has 0 heterocycles. The Morgan fingerprint density at radius 3 is 2.67 bits per heavy atom. The fourth-order valence-corrected chi connectivity index (χ4v) is 1.30. The lowest BCUT2D eigenvalue weighted by molar-refractivity contribution is 0.0186. The number of phenols is 1. The van der Waals surface area contributed by atoms with Crippen LogP contribution in [-0.2, 0) is 0 Å². The normalized spacial score (nSPS) is 14.9. The third kappa shape index (κ3) is 2.65. The zero-order chi connectivity index (χ0) is 11.4. The summed E-state index contributed by atoms with van der Waals surface area (Å²) in [6, 6.07) is 3.80. The second kappa shape index (κ2) is 5.06. The van der Waals surface area contributed by atoms with Crippen LogP contribution >= 0.6 is 0 Å². The maximum Gasteiger partial charge on any atom is 0.165 e. The number of benzene rings is 1. The molecule has 15 heavy (non-hydrogen) atoms.